The van der Waals surface area contributed by atoms with Crippen LogP contribution in [0.1, 0.15) is 33.3 Å². The molecular weight excluding hydrogens is 340 g/mol. The monoisotopic (exact) mass is 366 g/mol. The van der Waals surface area contributed by atoms with Crippen LogP contribution < -0.4 is 15.0 Å². The minimum Gasteiger partial charge on any atom is -0.479 e. The fraction of sp³-hybridized carbons (Fsp3) is 0.364. The van der Waals surface area contributed by atoms with Crippen molar-refractivity contribution in [1.82, 2.24) is 0 Å². The first-order chi connectivity index (χ1) is 12.8. The molecule has 142 valence electrons. The number of benzene rings is 2. The molecular formula is C22H26N2O3. The highest BCUT2D eigenvalue weighted by Crippen LogP contribution is 2.36. The number of carbonyl (C=O) groups excluding carboxylic acids is 2. The van der Waals surface area contributed by atoms with Crippen molar-refractivity contribution in [3.8, 4) is 5.75 Å². The highest BCUT2D eigenvalue weighted by atomic mass is 16.5. The summed E-state index contributed by atoms with van der Waals surface area (Å²) in [6, 6.07) is 15.5. The van der Waals surface area contributed by atoms with Crippen molar-refractivity contribution in [3.05, 3.63) is 54.1 Å². The maximum absolute atomic E-state index is 12.7. The van der Waals surface area contributed by atoms with Crippen molar-refractivity contribution in [1.29, 1.82) is 0 Å². The van der Waals surface area contributed by atoms with E-state index in [0.717, 1.165) is 6.42 Å². The van der Waals surface area contributed by atoms with E-state index in [9.17, 15) is 9.59 Å². The Balaban J connectivity index is 1.85. The van der Waals surface area contributed by atoms with E-state index in [-0.39, 0.29) is 11.8 Å². The summed E-state index contributed by atoms with van der Waals surface area (Å²) in [5.41, 5.74) is 2.03. The van der Waals surface area contributed by atoms with Gasteiger partial charge in [-0.2, -0.15) is 0 Å². The van der Waals surface area contributed by atoms with E-state index >= 15 is 0 Å². The van der Waals surface area contributed by atoms with E-state index in [1.807, 2.05) is 51.1 Å². The Bertz CT molecular complexity index is 840. The molecule has 2 amide bonds. The quantitative estimate of drug-likeness (QED) is 0.889. The number of hydrogen-bond donors (Lipinski definition) is 1. The van der Waals surface area contributed by atoms with Gasteiger partial charge in [0.05, 0.1) is 5.69 Å². The molecule has 1 atom stereocenters. The van der Waals surface area contributed by atoms with Gasteiger partial charge in [0.15, 0.2) is 6.10 Å². The van der Waals surface area contributed by atoms with E-state index in [4.69, 9.17) is 4.74 Å². The second-order valence-electron chi connectivity index (χ2n) is 7.87. The van der Waals surface area contributed by atoms with Gasteiger partial charge in [0.2, 0.25) is 5.91 Å². The lowest BCUT2D eigenvalue weighted by Gasteiger charge is -2.33. The third-order valence-electron chi connectivity index (χ3n) is 4.57. The fourth-order valence-corrected chi connectivity index (χ4v) is 2.92. The Hall–Kier alpha value is -2.82. The molecule has 0 fully saturated rings. The van der Waals surface area contributed by atoms with E-state index < -0.39 is 11.5 Å². The van der Waals surface area contributed by atoms with Crippen LogP contribution in [0.15, 0.2) is 48.5 Å². The van der Waals surface area contributed by atoms with Crippen LogP contribution in [0.25, 0.3) is 0 Å². The van der Waals surface area contributed by atoms with Crippen LogP contribution in [0.3, 0.4) is 0 Å². The number of nitrogens with one attached hydrogen (secondary N) is 1. The molecule has 0 saturated carbocycles. The summed E-state index contributed by atoms with van der Waals surface area (Å²) >= 11 is 0. The van der Waals surface area contributed by atoms with Crippen LogP contribution in [0.2, 0.25) is 0 Å². The number of hydrogen-bond acceptors (Lipinski definition) is 3. The molecule has 5 nitrogen and oxygen atoms in total. The molecule has 0 saturated heterocycles. The van der Waals surface area contributed by atoms with Gasteiger partial charge in [0.1, 0.15) is 5.75 Å². The molecule has 1 N–H and O–H groups in total. The average Bonchev–Trinajstić information content (AvgIpc) is 2.62. The molecule has 27 heavy (non-hydrogen) atoms. The van der Waals surface area contributed by atoms with Gasteiger partial charge in [-0.25, -0.2) is 0 Å². The van der Waals surface area contributed by atoms with Crippen molar-refractivity contribution in [3.63, 3.8) is 0 Å². The lowest BCUT2D eigenvalue weighted by Crippen LogP contribution is -2.45. The molecule has 0 radical (unpaired) electrons. The Morgan fingerprint density at radius 3 is 2.52 bits per heavy atom. The minimum atomic E-state index is -0.525. The number of nitrogens with zero attached hydrogens (tertiary/aromatic N) is 1. The highest BCUT2D eigenvalue weighted by Gasteiger charge is 2.32. The number of anilines is 2. The van der Waals surface area contributed by atoms with Crippen LogP contribution in [0.5, 0.6) is 5.75 Å². The Morgan fingerprint density at radius 2 is 1.85 bits per heavy atom. The summed E-state index contributed by atoms with van der Waals surface area (Å²) in [6.07, 6.45) is 0.223. The predicted molar refractivity (Wildman–Crippen MR) is 107 cm³/mol. The Morgan fingerprint density at radius 1 is 1.15 bits per heavy atom. The fourth-order valence-electron chi connectivity index (χ4n) is 2.92. The van der Waals surface area contributed by atoms with Gasteiger partial charge in [-0.1, -0.05) is 51.1 Å². The molecule has 2 aromatic rings. The van der Waals surface area contributed by atoms with Crippen LogP contribution in [-0.4, -0.2) is 24.5 Å². The van der Waals surface area contributed by atoms with Gasteiger partial charge in [0, 0.05) is 17.6 Å². The second kappa shape index (κ2) is 7.43. The largest absolute Gasteiger partial charge is 0.479 e. The van der Waals surface area contributed by atoms with E-state index in [1.54, 1.807) is 17.9 Å². The topological polar surface area (TPSA) is 58.6 Å². The van der Waals surface area contributed by atoms with Crippen LogP contribution in [-0.2, 0) is 16.0 Å². The molecule has 0 aliphatic carbocycles. The van der Waals surface area contributed by atoms with E-state index in [0.29, 0.717) is 23.7 Å². The molecule has 5 heteroatoms. The van der Waals surface area contributed by atoms with Gasteiger partial charge in [0.25, 0.3) is 5.91 Å². The summed E-state index contributed by atoms with van der Waals surface area (Å²) < 4.78 is 5.75. The van der Waals surface area contributed by atoms with Crippen LogP contribution in [0, 0.1) is 5.41 Å². The predicted octanol–water partition coefficient (Wildman–Crippen LogP) is 4.03. The number of rotatable bonds is 4. The first-order valence-corrected chi connectivity index (χ1v) is 9.23. The SMILES string of the molecule is CC1Oc2ccc(NC(=O)C(C)(C)C)cc2N(CCc2ccccc2)C1=O. The smallest absolute Gasteiger partial charge is 0.267 e. The maximum Gasteiger partial charge on any atom is 0.267 e. The molecule has 3 rings (SSSR count). The Labute approximate surface area is 160 Å². The van der Waals surface area contributed by atoms with Gasteiger partial charge in [-0.15, -0.1) is 0 Å². The highest BCUT2D eigenvalue weighted by molar-refractivity contribution is 6.01. The van der Waals surface area contributed by atoms with Crippen molar-refractivity contribution in [2.45, 2.75) is 40.2 Å². The van der Waals surface area contributed by atoms with E-state index in [1.165, 1.54) is 5.56 Å². The number of fused-ring (bicyclic) bond motifs is 1. The van der Waals surface area contributed by atoms with Gasteiger partial charge >= 0.3 is 0 Å². The minimum absolute atomic E-state index is 0.0715. The third-order valence-corrected chi connectivity index (χ3v) is 4.57. The van der Waals surface area contributed by atoms with Crippen LogP contribution >= 0.6 is 0 Å². The third kappa shape index (κ3) is 4.30. The zero-order valence-corrected chi connectivity index (χ0v) is 16.3. The van der Waals surface area contributed by atoms with Gasteiger partial charge in [-0.05, 0) is 37.1 Å². The number of carbonyl (C=O) groups is 2. The lowest BCUT2D eigenvalue weighted by atomic mass is 9.95. The molecule has 0 bridgehead atoms. The molecule has 1 heterocycles. The summed E-state index contributed by atoms with van der Waals surface area (Å²) in [5, 5.41) is 2.92. The molecule has 1 aliphatic rings. The summed E-state index contributed by atoms with van der Waals surface area (Å²) in [6.45, 7) is 7.90. The summed E-state index contributed by atoms with van der Waals surface area (Å²) in [4.78, 5) is 26.8. The normalized spacial score (nSPS) is 16.5. The Kier molecular flexibility index (Phi) is 5.22. The zero-order valence-electron chi connectivity index (χ0n) is 16.3. The van der Waals surface area contributed by atoms with Crippen molar-refractivity contribution in [2.75, 3.05) is 16.8 Å². The van der Waals surface area contributed by atoms with Crippen LogP contribution in [0.4, 0.5) is 11.4 Å². The summed E-state index contributed by atoms with van der Waals surface area (Å²) in [7, 11) is 0. The second-order valence-corrected chi connectivity index (χ2v) is 7.87. The molecule has 2 aromatic carbocycles. The molecule has 1 aliphatic heterocycles. The van der Waals surface area contributed by atoms with Crippen molar-refractivity contribution >= 4 is 23.2 Å². The first-order valence-electron chi connectivity index (χ1n) is 9.23. The number of amides is 2. The molecule has 0 spiro atoms. The van der Waals surface area contributed by atoms with Crippen molar-refractivity contribution in [2.24, 2.45) is 5.41 Å². The van der Waals surface area contributed by atoms with E-state index in [2.05, 4.69) is 17.4 Å². The molecule has 0 aromatic heterocycles. The number of ether oxygens (including phenoxy) is 1. The van der Waals surface area contributed by atoms with Gasteiger partial charge < -0.3 is 15.0 Å². The average molecular weight is 366 g/mol. The zero-order chi connectivity index (χ0) is 19.6. The van der Waals surface area contributed by atoms with Crippen molar-refractivity contribution < 1.29 is 14.3 Å². The lowest BCUT2D eigenvalue weighted by molar-refractivity contribution is -0.125. The molecule has 1 unspecified atom stereocenters. The standard InChI is InChI=1S/C22H26N2O3/c1-15-20(25)24(13-12-16-8-6-5-7-9-16)18-14-17(10-11-19(18)27-15)23-21(26)22(2,3)4/h5-11,14-15H,12-13H2,1-4H3,(H,23,26). The first kappa shape index (κ1) is 19.0. The summed E-state index contributed by atoms with van der Waals surface area (Å²) in [5.74, 6) is 0.511. The van der Waals surface area contributed by atoms with Gasteiger partial charge in [-0.3, -0.25) is 9.59 Å². The maximum atomic E-state index is 12.7.